The van der Waals surface area contributed by atoms with Crippen LogP contribution < -0.4 is 20.1 Å². The molecule has 3 aromatic carbocycles. The number of alkyl halides is 3. The van der Waals surface area contributed by atoms with Crippen molar-refractivity contribution < 1.29 is 46.9 Å². The Labute approximate surface area is 255 Å². The molecule has 1 aliphatic heterocycles. The van der Waals surface area contributed by atoms with Crippen LogP contribution in [0.2, 0.25) is 0 Å². The Hall–Kier alpha value is -5.59. The van der Waals surface area contributed by atoms with Gasteiger partial charge in [0.2, 0.25) is 5.91 Å². The lowest BCUT2D eigenvalue weighted by Gasteiger charge is -2.21. The number of ether oxygens (including phenoxy) is 2. The zero-order valence-electron chi connectivity index (χ0n) is 23.9. The largest absolute Gasteiger partial charge is 0.497 e. The summed E-state index contributed by atoms with van der Waals surface area (Å²) in [4.78, 5) is 50.6. The highest BCUT2D eigenvalue weighted by Crippen LogP contribution is 2.34. The van der Waals surface area contributed by atoms with Gasteiger partial charge in [0.15, 0.2) is 0 Å². The summed E-state index contributed by atoms with van der Waals surface area (Å²) < 4.78 is 50.7. The number of carboxylic acids is 1. The number of hydrogen-bond acceptors (Lipinski definition) is 7. The number of rotatable bonds is 11. The van der Waals surface area contributed by atoms with E-state index in [4.69, 9.17) is 9.47 Å². The van der Waals surface area contributed by atoms with Crippen molar-refractivity contribution in [2.75, 3.05) is 25.5 Å². The van der Waals surface area contributed by atoms with Crippen molar-refractivity contribution in [1.29, 1.82) is 0 Å². The summed E-state index contributed by atoms with van der Waals surface area (Å²) in [6.07, 6.45) is -0.229. The van der Waals surface area contributed by atoms with Crippen LogP contribution in [-0.2, 0) is 33.5 Å². The molecule has 3 aromatic rings. The minimum Gasteiger partial charge on any atom is -0.497 e. The van der Waals surface area contributed by atoms with Gasteiger partial charge in [0.25, 0.3) is 5.91 Å². The lowest BCUT2D eigenvalue weighted by Crippen LogP contribution is -2.35. The zero-order chi connectivity index (χ0) is 32.6. The average molecular weight is 624 g/mol. The number of methoxy groups -OCH3 is 1. The van der Waals surface area contributed by atoms with Crippen molar-refractivity contribution in [3.63, 3.8) is 0 Å². The summed E-state index contributed by atoms with van der Waals surface area (Å²) in [6.45, 7) is -0.341. The standard InChI is InChI=1S/C32H28F3N3O7/c1-44-26-13-8-22(27(16-26)32(33,34)35)15-28(39)37-24-9-6-21(7-10-24)30(42)38(19-29(40)41)18-20-4-11-25(12-5-20)45-31(43)23-3-2-14-36-17-23/h2-14,16,36H,15,17-19H2,1H3,(H,37,39)(H,40,41). The molecule has 0 radical (unpaired) electrons. The van der Waals surface area contributed by atoms with Crippen LogP contribution in [0.15, 0.2) is 90.7 Å². The monoisotopic (exact) mass is 623 g/mol. The molecule has 234 valence electrons. The Kier molecular flexibility index (Phi) is 10.2. The SMILES string of the molecule is COc1ccc(CC(=O)Nc2ccc(C(=O)N(CC(=O)O)Cc3ccc(OC(=O)C4=CC=CNC4)cc3)cc2)c(C(F)(F)F)c1. The van der Waals surface area contributed by atoms with E-state index in [0.717, 1.165) is 11.0 Å². The Morgan fingerprint density at radius 1 is 0.978 bits per heavy atom. The fourth-order valence-electron chi connectivity index (χ4n) is 4.38. The van der Waals surface area contributed by atoms with Gasteiger partial charge in [-0.2, -0.15) is 13.2 Å². The maximum Gasteiger partial charge on any atom is 0.416 e. The number of carboxylic acid groups (broad SMARTS) is 1. The molecule has 0 unspecified atom stereocenters. The topological polar surface area (TPSA) is 134 Å². The van der Waals surface area contributed by atoms with E-state index in [-0.39, 0.29) is 34.9 Å². The maximum absolute atomic E-state index is 13.5. The van der Waals surface area contributed by atoms with Crippen LogP contribution >= 0.6 is 0 Å². The predicted octanol–water partition coefficient (Wildman–Crippen LogP) is 4.57. The van der Waals surface area contributed by atoms with Gasteiger partial charge in [-0.3, -0.25) is 14.4 Å². The molecule has 13 heteroatoms. The third-order valence-corrected chi connectivity index (χ3v) is 6.58. The molecule has 0 atom stereocenters. The Morgan fingerprint density at radius 3 is 2.27 bits per heavy atom. The lowest BCUT2D eigenvalue weighted by atomic mass is 10.0. The molecule has 0 saturated carbocycles. The van der Waals surface area contributed by atoms with Gasteiger partial charge >= 0.3 is 18.1 Å². The van der Waals surface area contributed by atoms with Crippen LogP contribution in [-0.4, -0.2) is 54.0 Å². The van der Waals surface area contributed by atoms with Crippen molar-refractivity contribution in [3.05, 3.63) is 113 Å². The van der Waals surface area contributed by atoms with Crippen LogP contribution in [0, 0.1) is 0 Å². The number of carbonyl (C=O) groups excluding carboxylic acids is 3. The molecule has 1 aliphatic rings. The third kappa shape index (κ3) is 8.95. The molecular weight excluding hydrogens is 595 g/mol. The molecule has 45 heavy (non-hydrogen) atoms. The number of nitrogens with zero attached hydrogens (tertiary/aromatic N) is 1. The molecule has 1 heterocycles. The van der Waals surface area contributed by atoms with Gasteiger partial charge in [0, 0.05) is 24.3 Å². The lowest BCUT2D eigenvalue weighted by molar-refractivity contribution is -0.139. The molecule has 0 aliphatic carbocycles. The number of anilines is 1. The highest BCUT2D eigenvalue weighted by Gasteiger charge is 2.34. The maximum atomic E-state index is 13.5. The number of aliphatic carboxylic acids is 1. The van der Waals surface area contributed by atoms with Crippen molar-refractivity contribution >= 4 is 29.4 Å². The number of nitrogens with one attached hydrogen (secondary N) is 2. The van der Waals surface area contributed by atoms with E-state index in [2.05, 4.69) is 10.6 Å². The van der Waals surface area contributed by atoms with E-state index in [1.54, 1.807) is 30.5 Å². The van der Waals surface area contributed by atoms with E-state index in [1.165, 1.54) is 55.6 Å². The number of halogens is 3. The highest BCUT2D eigenvalue weighted by molar-refractivity contribution is 5.97. The molecular formula is C32H28F3N3O7. The summed E-state index contributed by atoms with van der Waals surface area (Å²) in [6, 6.07) is 15.1. The molecule has 10 nitrogen and oxygen atoms in total. The average Bonchev–Trinajstić information content (AvgIpc) is 3.01. The van der Waals surface area contributed by atoms with Gasteiger partial charge in [0.1, 0.15) is 18.0 Å². The number of allylic oxidation sites excluding steroid dienone is 2. The summed E-state index contributed by atoms with van der Waals surface area (Å²) in [7, 11) is 1.24. The summed E-state index contributed by atoms with van der Waals surface area (Å²) >= 11 is 0. The fraction of sp³-hybridized carbons (Fsp3) is 0.188. The molecule has 3 N–H and O–H groups in total. The number of hydrogen-bond donors (Lipinski definition) is 3. The quantitative estimate of drug-likeness (QED) is 0.209. The fourth-order valence-corrected chi connectivity index (χ4v) is 4.38. The number of carbonyl (C=O) groups is 4. The van der Waals surface area contributed by atoms with Crippen LogP contribution in [0.4, 0.5) is 18.9 Å². The molecule has 2 amide bonds. The van der Waals surface area contributed by atoms with E-state index in [1.807, 2.05) is 0 Å². The minimum atomic E-state index is -4.69. The third-order valence-electron chi connectivity index (χ3n) is 6.58. The number of benzene rings is 3. The van der Waals surface area contributed by atoms with Gasteiger partial charge in [-0.15, -0.1) is 0 Å². The van der Waals surface area contributed by atoms with Crippen molar-refractivity contribution in [2.24, 2.45) is 0 Å². The molecule has 0 bridgehead atoms. The van der Waals surface area contributed by atoms with Gasteiger partial charge in [-0.25, -0.2) is 4.79 Å². The second-order valence-corrected chi connectivity index (χ2v) is 9.84. The summed E-state index contributed by atoms with van der Waals surface area (Å²) in [5.41, 5.74) is 0.144. The summed E-state index contributed by atoms with van der Waals surface area (Å²) in [5, 5.41) is 14.8. The summed E-state index contributed by atoms with van der Waals surface area (Å²) in [5.74, 6) is -2.80. The highest BCUT2D eigenvalue weighted by atomic mass is 19.4. The normalized spacial score (nSPS) is 12.4. The smallest absolute Gasteiger partial charge is 0.416 e. The zero-order valence-corrected chi connectivity index (χ0v) is 23.9. The van der Waals surface area contributed by atoms with Crippen LogP contribution in [0.1, 0.15) is 27.0 Å². The van der Waals surface area contributed by atoms with Crippen molar-refractivity contribution in [2.45, 2.75) is 19.1 Å². The number of esters is 1. The van der Waals surface area contributed by atoms with Gasteiger partial charge in [-0.05, 0) is 78.0 Å². The molecule has 0 saturated heterocycles. The van der Waals surface area contributed by atoms with Gasteiger partial charge in [-0.1, -0.05) is 18.2 Å². The first-order valence-electron chi connectivity index (χ1n) is 13.5. The first-order chi connectivity index (χ1) is 21.4. The van der Waals surface area contributed by atoms with Crippen LogP contribution in [0.5, 0.6) is 11.5 Å². The number of amides is 2. The van der Waals surface area contributed by atoms with E-state index >= 15 is 0 Å². The van der Waals surface area contributed by atoms with Crippen molar-refractivity contribution in [1.82, 2.24) is 10.2 Å². The van der Waals surface area contributed by atoms with E-state index in [9.17, 15) is 37.5 Å². The predicted molar refractivity (Wildman–Crippen MR) is 156 cm³/mol. The second kappa shape index (κ2) is 14.3. The van der Waals surface area contributed by atoms with Crippen molar-refractivity contribution in [3.8, 4) is 11.5 Å². The Morgan fingerprint density at radius 2 is 1.67 bits per heavy atom. The number of dihydropyridines is 1. The minimum absolute atomic E-state index is 0.00475. The molecule has 0 fully saturated rings. The van der Waals surface area contributed by atoms with Crippen LogP contribution in [0.25, 0.3) is 0 Å². The second-order valence-electron chi connectivity index (χ2n) is 9.84. The Bertz CT molecular complexity index is 1630. The van der Waals surface area contributed by atoms with Gasteiger partial charge in [0.05, 0.1) is 24.7 Å². The van der Waals surface area contributed by atoms with E-state index < -0.39 is 48.5 Å². The van der Waals surface area contributed by atoms with Gasteiger partial charge < -0.3 is 30.1 Å². The Balaban J connectivity index is 1.39. The molecule has 4 rings (SSSR count). The van der Waals surface area contributed by atoms with Crippen LogP contribution in [0.3, 0.4) is 0 Å². The molecule has 0 aromatic heterocycles. The van der Waals surface area contributed by atoms with E-state index in [0.29, 0.717) is 17.7 Å². The molecule has 0 spiro atoms. The first kappa shape index (κ1) is 32.3. The first-order valence-corrected chi connectivity index (χ1v) is 13.5.